The van der Waals surface area contributed by atoms with Gasteiger partial charge in [0.1, 0.15) is 0 Å². The molecule has 2 fully saturated rings. The number of carbonyl (C=O) groups is 2. The predicted octanol–water partition coefficient (Wildman–Crippen LogP) is 0.516. The monoisotopic (exact) mass is 359 g/mol. The van der Waals surface area contributed by atoms with Crippen LogP contribution in [0.4, 0.5) is 0 Å². The van der Waals surface area contributed by atoms with Gasteiger partial charge in [0.15, 0.2) is 0 Å². The number of hydrogen-bond donors (Lipinski definition) is 0. The summed E-state index contributed by atoms with van der Waals surface area (Å²) in [5.41, 5.74) is 0. The number of carbonyl (C=O) groups excluding carboxylic acids is 2. The summed E-state index contributed by atoms with van der Waals surface area (Å²) in [6.07, 6.45) is 3.01. The van der Waals surface area contributed by atoms with Crippen LogP contribution in [0.15, 0.2) is 0 Å². The van der Waals surface area contributed by atoms with Crippen molar-refractivity contribution in [2.24, 2.45) is 5.92 Å². The average molecular weight is 359 g/mol. The largest absolute Gasteiger partial charge is 0.336 e. The van der Waals surface area contributed by atoms with Crippen LogP contribution in [0, 0.1) is 5.92 Å². The maximum absolute atomic E-state index is 12.7. The fourth-order valence-electron chi connectivity index (χ4n) is 4.05. The minimum Gasteiger partial charge on any atom is -0.336 e. The summed E-state index contributed by atoms with van der Waals surface area (Å²) in [5.74, 6) is -0.747. The van der Waals surface area contributed by atoms with E-state index in [0.29, 0.717) is 25.9 Å². The summed E-state index contributed by atoms with van der Waals surface area (Å²) in [6.45, 7) is 8.41. The van der Waals surface area contributed by atoms with E-state index < -0.39 is 22.0 Å². The van der Waals surface area contributed by atoms with Gasteiger partial charge in [0.2, 0.25) is 21.8 Å². The number of fused-ring (bicyclic) bond motifs is 1. The standard InChI is InChI=1S/C16H29N3O4S/c1-5-8-12-15-13(19(16(12)21)24(4,22)23)9-10-18(15)14(20)11-17(6-2)7-3/h12-13,15H,5-11H2,1-4H3. The van der Waals surface area contributed by atoms with Crippen LogP contribution in [0.25, 0.3) is 0 Å². The topological polar surface area (TPSA) is 78.0 Å². The molecule has 8 heteroatoms. The Bertz CT molecular complexity index is 588. The maximum atomic E-state index is 12.7. The molecular weight excluding hydrogens is 330 g/mol. The molecule has 3 unspecified atom stereocenters. The summed E-state index contributed by atoms with van der Waals surface area (Å²) >= 11 is 0. The lowest BCUT2D eigenvalue weighted by Crippen LogP contribution is -2.47. The van der Waals surface area contributed by atoms with Crippen molar-refractivity contribution >= 4 is 21.8 Å². The van der Waals surface area contributed by atoms with E-state index in [4.69, 9.17) is 0 Å². The van der Waals surface area contributed by atoms with Crippen molar-refractivity contribution in [1.29, 1.82) is 0 Å². The molecule has 2 rings (SSSR count). The molecule has 0 radical (unpaired) electrons. The first-order valence-corrected chi connectivity index (χ1v) is 10.7. The zero-order valence-electron chi connectivity index (χ0n) is 15.1. The highest BCUT2D eigenvalue weighted by Crippen LogP contribution is 2.40. The van der Waals surface area contributed by atoms with Crippen LogP contribution in [0.2, 0.25) is 0 Å². The molecule has 138 valence electrons. The van der Waals surface area contributed by atoms with Gasteiger partial charge in [-0.3, -0.25) is 14.5 Å². The van der Waals surface area contributed by atoms with E-state index in [2.05, 4.69) is 0 Å². The maximum Gasteiger partial charge on any atom is 0.241 e. The molecule has 0 bridgehead atoms. The Labute approximate surface area is 145 Å². The Morgan fingerprint density at radius 2 is 1.88 bits per heavy atom. The van der Waals surface area contributed by atoms with Crippen LogP contribution in [0.3, 0.4) is 0 Å². The molecule has 0 saturated carbocycles. The van der Waals surface area contributed by atoms with Crippen LogP contribution in [-0.4, -0.2) is 78.9 Å². The predicted molar refractivity (Wildman–Crippen MR) is 91.8 cm³/mol. The number of hydrogen-bond acceptors (Lipinski definition) is 5. The van der Waals surface area contributed by atoms with Gasteiger partial charge in [-0.05, 0) is 25.9 Å². The zero-order valence-corrected chi connectivity index (χ0v) is 15.9. The van der Waals surface area contributed by atoms with Gasteiger partial charge in [-0.2, -0.15) is 0 Å². The lowest BCUT2D eigenvalue weighted by molar-refractivity contribution is -0.135. The molecule has 0 aliphatic carbocycles. The third kappa shape index (κ3) is 3.44. The summed E-state index contributed by atoms with van der Waals surface area (Å²) in [6, 6.07) is -0.708. The number of amides is 2. The summed E-state index contributed by atoms with van der Waals surface area (Å²) in [5, 5.41) is 0. The van der Waals surface area contributed by atoms with Crippen molar-refractivity contribution in [1.82, 2.24) is 14.1 Å². The number of likely N-dealkylation sites (N-methyl/N-ethyl adjacent to an activating group) is 1. The molecule has 3 atom stereocenters. The average Bonchev–Trinajstić information content (AvgIpc) is 3.03. The minimum atomic E-state index is -3.60. The van der Waals surface area contributed by atoms with E-state index in [1.54, 1.807) is 4.90 Å². The lowest BCUT2D eigenvalue weighted by atomic mass is 9.94. The smallest absolute Gasteiger partial charge is 0.241 e. The van der Waals surface area contributed by atoms with E-state index in [1.165, 1.54) is 0 Å². The number of rotatable bonds is 7. The molecule has 2 saturated heterocycles. The number of nitrogens with zero attached hydrogens (tertiary/aromatic N) is 3. The molecule has 24 heavy (non-hydrogen) atoms. The normalized spacial score (nSPS) is 27.2. The Morgan fingerprint density at radius 1 is 1.25 bits per heavy atom. The molecule has 0 spiro atoms. The Hall–Kier alpha value is -1.15. The van der Waals surface area contributed by atoms with Crippen molar-refractivity contribution in [2.75, 3.05) is 32.4 Å². The first kappa shape index (κ1) is 19.2. The van der Waals surface area contributed by atoms with Crippen molar-refractivity contribution in [2.45, 2.75) is 52.1 Å². The summed E-state index contributed by atoms with van der Waals surface area (Å²) < 4.78 is 25.2. The van der Waals surface area contributed by atoms with E-state index in [1.807, 2.05) is 25.7 Å². The van der Waals surface area contributed by atoms with Crippen LogP contribution < -0.4 is 0 Å². The summed E-state index contributed by atoms with van der Waals surface area (Å²) in [4.78, 5) is 29.2. The second-order valence-electron chi connectivity index (χ2n) is 6.69. The van der Waals surface area contributed by atoms with Crippen molar-refractivity contribution in [3.63, 3.8) is 0 Å². The van der Waals surface area contributed by atoms with E-state index in [-0.39, 0.29) is 17.9 Å². The second kappa shape index (κ2) is 7.39. The van der Waals surface area contributed by atoms with Crippen molar-refractivity contribution in [3.8, 4) is 0 Å². The van der Waals surface area contributed by atoms with Gasteiger partial charge < -0.3 is 4.90 Å². The van der Waals surface area contributed by atoms with Gasteiger partial charge in [-0.1, -0.05) is 27.2 Å². The fraction of sp³-hybridized carbons (Fsp3) is 0.875. The third-order valence-electron chi connectivity index (χ3n) is 5.20. The highest BCUT2D eigenvalue weighted by atomic mass is 32.2. The zero-order chi connectivity index (χ0) is 18.1. The van der Waals surface area contributed by atoms with Crippen LogP contribution in [0.1, 0.15) is 40.0 Å². The van der Waals surface area contributed by atoms with Gasteiger partial charge >= 0.3 is 0 Å². The number of sulfonamides is 1. The highest BCUT2D eigenvalue weighted by molar-refractivity contribution is 7.88. The van der Waals surface area contributed by atoms with Gasteiger partial charge in [0.25, 0.3) is 0 Å². The first-order valence-electron chi connectivity index (χ1n) is 8.81. The quantitative estimate of drug-likeness (QED) is 0.662. The molecule has 7 nitrogen and oxygen atoms in total. The lowest BCUT2D eigenvalue weighted by Gasteiger charge is -2.29. The van der Waals surface area contributed by atoms with Crippen LogP contribution >= 0.6 is 0 Å². The molecule has 2 aliphatic rings. The Morgan fingerprint density at radius 3 is 2.38 bits per heavy atom. The SMILES string of the molecule is CCCC1C(=O)N(S(C)(=O)=O)C2CCN(C(=O)CN(CC)CC)C12. The van der Waals surface area contributed by atoms with Gasteiger partial charge in [-0.25, -0.2) is 12.7 Å². The van der Waals surface area contributed by atoms with E-state index in [9.17, 15) is 18.0 Å². The number of likely N-dealkylation sites (tertiary alicyclic amines) is 1. The van der Waals surface area contributed by atoms with E-state index in [0.717, 1.165) is 30.1 Å². The molecular formula is C16H29N3O4S. The third-order valence-corrected chi connectivity index (χ3v) is 6.36. The molecule has 2 aliphatic heterocycles. The Balaban J connectivity index is 2.26. The Kier molecular flexibility index (Phi) is 5.91. The second-order valence-corrected chi connectivity index (χ2v) is 8.55. The molecule has 0 N–H and O–H groups in total. The van der Waals surface area contributed by atoms with Gasteiger partial charge in [0.05, 0.1) is 30.8 Å². The molecule has 2 heterocycles. The van der Waals surface area contributed by atoms with Crippen molar-refractivity contribution in [3.05, 3.63) is 0 Å². The minimum absolute atomic E-state index is 0.00421. The fourth-order valence-corrected chi connectivity index (χ4v) is 5.23. The molecule has 0 aromatic rings. The van der Waals surface area contributed by atoms with Crippen molar-refractivity contribution < 1.29 is 18.0 Å². The van der Waals surface area contributed by atoms with Gasteiger partial charge in [0, 0.05) is 6.54 Å². The summed E-state index contributed by atoms with van der Waals surface area (Å²) in [7, 11) is -3.60. The molecule has 2 amide bonds. The van der Waals surface area contributed by atoms with Crippen LogP contribution in [0.5, 0.6) is 0 Å². The van der Waals surface area contributed by atoms with E-state index >= 15 is 0 Å². The van der Waals surface area contributed by atoms with Gasteiger partial charge in [-0.15, -0.1) is 0 Å². The molecule has 0 aromatic carbocycles. The highest BCUT2D eigenvalue weighted by Gasteiger charge is 2.57. The first-order chi connectivity index (χ1) is 11.3. The van der Waals surface area contributed by atoms with Crippen LogP contribution in [-0.2, 0) is 19.6 Å². The molecule has 0 aromatic heterocycles.